The number of halogens is 2. The molecule has 3 rings (SSSR count). The first-order valence-corrected chi connectivity index (χ1v) is 8.79. The number of nitrogens with zero attached hydrogens (tertiary/aromatic N) is 2. The third-order valence-electron chi connectivity index (χ3n) is 4.22. The van der Waals surface area contributed by atoms with Crippen LogP contribution in [0.5, 0.6) is 0 Å². The number of benzene rings is 2. The number of fused-ring (bicyclic) bond motifs is 1. The van der Waals surface area contributed by atoms with Crippen LogP contribution in [0.1, 0.15) is 20.7 Å². The molecular weight excluding hydrogens is 383 g/mol. The fourth-order valence-corrected chi connectivity index (χ4v) is 3.10. The average molecular weight is 401 g/mol. The Labute approximate surface area is 166 Å². The lowest BCUT2D eigenvalue weighted by Gasteiger charge is -2.16. The summed E-state index contributed by atoms with van der Waals surface area (Å²) >= 11 is 6.35. The molecule has 0 fully saturated rings. The van der Waals surface area contributed by atoms with Crippen molar-refractivity contribution in [2.24, 2.45) is 0 Å². The molecule has 1 aromatic heterocycles. The Morgan fingerprint density at radius 3 is 2.50 bits per heavy atom. The van der Waals surface area contributed by atoms with Crippen LogP contribution in [0.3, 0.4) is 0 Å². The summed E-state index contributed by atoms with van der Waals surface area (Å²) in [4.78, 5) is 30.0. The lowest BCUT2D eigenvalue weighted by atomic mass is 10.1. The van der Waals surface area contributed by atoms with Crippen molar-refractivity contribution in [2.45, 2.75) is 0 Å². The Hall–Kier alpha value is -3.19. The molecule has 0 spiro atoms. The SMILES string of the molecule is CNC(=O)c1cccc(Nc2ncc(C(=O)N(C)C)c3c(Cl)cccc23)c1F. The van der Waals surface area contributed by atoms with E-state index < -0.39 is 11.7 Å². The summed E-state index contributed by atoms with van der Waals surface area (Å²) in [6.45, 7) is 0. The molecule has 1 heterocycles. The van der Waals surface area contributed by atoms with Crippen LogP contribution in [-0.4, -0.2) is 42.8 Å². The molecule has 2 aromatic carbocycles. The van der Waals surface area contributed by atoms with Gasteiger partial charge in [-0.1, -0.05) is 29.8 Å². The zero-order chi connectivity index (χ0) is 20.4. The predicted octanol–water partition coefficient (Wildman–Crippen LogP) is 3.83. The highest BCUT2D eigenvalue weighted by Crippen LogP contribution is 2.33. The molecule has 2 N–H and O–H groups in total. The van der Waals surface area contributed by atoms with Gasteiger partial charge in [0, 0.05) is 43.1 Å². The minimum Gasteiger partial charge on any atom is -0.355 e. The Morgan fingerprint density at radius 1 is 1.11 bits per heavy atom. The molecule has 0 unspecified atom stereocenters. The van der Waals surface area contributed by atoms with E-state index >= 15 is 0 Å². The molecule has 0 saturated heterocycles. The van der Waals surface area contributed by atoms with Gasteiger partial charge in [0.05, 0.1) is 16.8 Å². The van der Waals surface area contributed by atoms with Crippen molar-refractivity contribution in [2.75, 3.05) is 26.5 Å². The van der Waals surface area contributed by atoms with Crippen LogP contribution in [0.2, 0.25) is 5.02 Å². The van der Waals surface area contributed by atoms with Crippen LogP contribution in [-0.2, 0) is 0 Å². The smallest absolute Gasteiger partial charge is 0.255 e. The van der Waals surface area contributed by atoms with E-state index in [1.165, 1.54) is 30.3 Å². The van der Waals surface area contributed by atoms with Gasteiger partial charge < -0.3 is 15.5 Å². The van der Waals surface area contributed by atoms with E-state index in [-0.39, 0.29) is 17.2 Å². The lowest BCUT2D eigenvalue weighted by molar-refractivity contribution is 0.0828. The van der Waals surface area contributed by atoms with Crippen molar-refractivity contribution in [3.63, 3.8) is 0 Å². The van der Waals surface area contributed by atoms with Gasteiger partial charge in [0.15, 0.2) is 5.82 Å². The summed E-state index contributed by atoms with van der Waals surface area (Å²) < 4.78 is 14.8. The highest BCUT2D eigenvalue weighted by molar-refractivity contribution is 6.37. The first-order valence-electron chi connectivity index (χ1n) is 8.41. The minimum absolute atomic E-state index is 0.0848. The van der Waals surface area contributed by atoms with Gasteiger partial charge in [-0.2, -0.15) is 0 Å². The second-order valence-electron chi connectivity index (χ2n) is 6.25. The van der Waals surface area contributed by atoms with E-state index in [4.69, 9.17) is 11.6 Å². The third-order valence-corrected chi connectivity index (χ3v) is 4.54. The molecule has 0 aliphatic carbocycles. The number of anilines is 2. The molecule has 0 aliphatic rings. The van der Waals surface area contributed by atoms with Gasteiger partial charge in [-0.3, -0.25) is 9.59 Å². The zero-order valence-corrected chi connectivity index (χ0v) is 16.3. The molecular formula is C20H18ClFN4O2. The number of amides is 2. The molecule has 3 aromatic rings. The normalized spacial score (nSPS) is 10.6. The number of hydrogen-bond acceptors (Lipinski definition) is 4. The van der Waals surface area contributed by atoms with E-state index in [0.717, 1.165) is 0 Å². The molecule has 2 amide bonds. The Kier molecular flexibility index (Phi) is 5.46. The average Bonchev–Trinajstić information content (AvgIpc) is 2.69. The molecule has 6 nitrogen and oxygen atoms in total. The van der Waals surface area contributed by atoms with Gasteiger partial charge in [-0.05, 0) is 18.2 Å². The van der Waals surface area contributed by atoms with Crippen LogP contribution >= 0.6 is 11.6 Å². The van der Waals surface area contributed by atoms with Gasteiger partial charge in [-0.25, -0.2) is 9.37 Å². The lowest BCUT2D eigenvalue weighted by Crippen LogP contribution is -2.22. The topological polar surface area (TPSA) is 74.3 Å². The van der Waals surface area contributed by atoms with Crippen molar-refractivity contribution in [1.29, 1.82) is 0 Å². The number of nitrogens with one attached hydrogen (secondary N) is 2. The van der Waals surface area contributed by atoms with Gasteiger partial charge in [0.1, 0.15) is 5.82 Å². The largest absolute Gasteiger partial charge is 0.355 e. The van der Waals surface area contributed by atoms with Crippen molar-refractivity contribution in [3.8, 4) is 0 Å². The summed E-state index contributed by atoms with van der Waals surface area (Å²) in [5.41, 5.74) is 0.339. The Morgan fingerprint density at radius 2 is 1.82 bits per heavy atom. The number of rotatable bonds is 4. The van der Waals surface area contributed by atoms with Gasteiger partial charge in [-0.15, -0.1) is 0 Å². The first kappa shape index (κ1) is 19.6. The molecule has 8 heteroatoms. The molecule has 0 radical (unpaired) electrons. The number of carbonyl (C=O) groups excluding carboxylic acids is 2. The van der Waals surface area contributed by atoms with E-state index in [2.05, 4.69) is 15.6 Å². The summed E-state index contributed by atoms with van der Waals surface area (Å²) in [5.74, 6) is -1.16. The number of aromatic nitrogens is 1. The van der Waals surface area contributed by atoms with Crippen LogP contribution in [0.4, 0.5) is 15.9 Å². The summed E-state index contributed by atoms with van der Waals surface area (Å²) in [6, 6.07) is 9.59. The van der Waals surface area contributed by atoms with Crippen molar-refractivity contribution in [1.82, 2.24) is 15.2 Å². The highest BCUT2D eigenvalue weighted by atomic mass is 35.5. The molecule has 0 saturated carbocycles. The highest BCUT2D eigenvalue weighted by Gasteiger charge is 2.19. The maximum atomic E-state index is 14.8. The third kappa shape index (κ3) is 3.48. The fourth-order valence-electron chi connectivity index (χ4n) is 2.83. The van der Waals surface area contributed by atoms with Gasteiger partial charge in [0.25, 0.3) is 11.8 Å². The number of hydrogen-bond donors (Lipinski definition) is 2. The molecule has 28 heavy (non-hydrogen) atoms. The molecule has 0 aliphatic heterocycles. The van der Waals surface area contributed by atoms with E-state index in [1.807, 2.05) is 0 Å². The van der Waals surface area contributed by atoms with Crippen LogP contribution < -0.4 is 10.6 Å². The Bertz CT molecular complexity index is 1090. The zero-order valence-electron chi connectivity index (χ0n) is 15.5. The van der Waals surface area contributed by atoms with E-state index in [0.29, 0.717) is 27.2 Å². The Balaban J connectivity index is 2.14. The predicted molar refractivity (Wildman–Crippen MR) is 108 cm³/mol. The van der Waals surface area contributed by atoms with Gasteiger partial charge in [0.2, 0.25) is 0 Å². The van der Waals surface area contributed by atoms with E-state index in [1.54, 1.807) is 38.4 Å². The standard InChI is InChI=1S/C20H18ClFN4O2/c1-23-19(27)12-7-5-9-15(17(12)22)25-18-11-6-4-8-14(21)16(11)13(10-24-18)20(28)26(2)3/h4-10H,1-3H3,(H,23,27)(H,24,25). The van der Waals surface area contributed by atoms with E-state index in [9.17, 15) is 14.0 Å². The van der Waals surface area contributed by atoms with Crippen molar-refractivity contribution >= 4 is 45.7 Å². The number of pyridine rings is 1. The maximum Gasteiger partial charge on any atom is 0.255 e. The van der Waals surface area contributed by atoms with Crippen LogP contribution in [0.25, 0.3) is 10.8 Å². The first-order chi connectivity index (χ1) is 13.3. The quantitative estimate of drug-likeness (QED) is 0.698. The van der Waals surface area contributed by atoms with Crippen LogP contribution in [0.15, 0.2) is 42.6 Å². The molecule has 0 bridgehead atoms. The second-order valence-corrected chi connectivity index (χ2v) is 6.66. The van der Waals surface area contributed by atoms with Crippen LogP contribution in [0, 0.1) is 5.82 Å². The maximum absolute atomic E-state index is 14.8. The summed E-state index contributed by atoms with van der Waals surface area (Å²) in [5, 5.41) is 6.77. The van der Waals surface area contributed by atoms with Crippen molar-refractivity contribution < 1.29 is 14.0 Å². The second kappa shape index (κ2) is 7.82. The fraction of sp³-hybridized carbons (Fsp3) is 0.150. The summed E-state index contributed by atoms with van der Waals surface area (Å²) in [7, 11) is 4.70. The van der Waals surface area contributed by atoms with Gasteiger partial charge >= 0.3 is 0 Å². The summed E-state index contributed by atoms with van der Waals surface area (Å²) in [6.07, 6.45) is 1.40. The molecule has 144 valence electrons. The van der Waals surface area contributed by atoms with Crippen molar-refractivity contribution in [3.05, 3.63) is 64.6 Å². The molecule has 0 atom stereocenters. The monoisotopic (exact) mass is 400 g/mol. The minimum atomic E-state index is -0.702. The number of carbonyl (C=O) groups is 2.